The van der Waals surface area contributed by atoms with Crippen LogP contribution in [0.2, 0.25) is 0 Å². The van der Waals surface area contributed by atoms with Crippen molar-refractivity contribution in [2.45, 2.75) is 6.42 Å². The fourth-order valence-electron chi connectivity index (χ4n) is 0.297. The van der Waals surface area contributed by atoms with Crippen LogP contribution in [0.25, 0.3) is 0 Å². The average molecular weight is 126 g/mol. The molecular weight excluding hydrogens is 116 g/mol. The molecule has 0 radical (unpaired) electrons. The maximum atomic E-state index is 9.74. The summed E-state index contributed by atoms with van der Waals surface area (Å²) in [5.41, 5.74) is 0. The molecule has 0 unspecified atom stereocenters. The van der Waals surface area contributed by atoms with Crippen LogP contribution in [-0.2, 0) is 9.53 Å². The Morgan fingerprint density at radius 1 is 1.67 bits per heavy atom. The van der Waals surface area contributed by atoms with Gasteiger partial charge in [0, 0.05) is 6.42 Å². The molecule has 2 nitrogen and oxygen atoms in total. The maximum absolute atomic E-state index is 9.74. The molecule has 0 aliphatic heterocycles. The fraction of sp³-hybridized carbons (Fsp3) is 0.286. The van der Waals surface area contributed by atoms with E-state index in [-0.39, 0.29) is 0 Å². The molecule has 9 heavy (non-hydrogen) atoms. The van der Waals surface area contributed by atoms with Crippen molar-refractivity contribution in [3.05, 3.63) is 25.0 Å². The lowest BCUT2D eigenvalue weighted by molar-refractivity contribution is -0.108. The summed E-state index contributed by atoms with van der Waals surface area (Å²) in [4.78, 5) is 9.74. The van der Waals surface area contributed by atoms with Gasteiger partial charge in [-0.25, -0.2) is 0 Å². The van der Waals surface area contributed by atoms with Gasteiger partial charge in [-0.2, -0.15) is 0 Å². The highest BCUT2D eigenvalue weighted by Gasteiger charge is 1.85. The van der Waals surface area contributed by atoms with Crippen LogP contribution in [0.5, 0.6) is 0 Å². The molecule has 2 heteroatoms. The molecule has 0 bridgehead atoms. The van der Waals surface area contributed by atoms with E-state index in [1.54, 1.807) is 0 Å². The van der Waals surface area contributed by atoms with Crippen LogP contribution in [0.15, 0.2) is 25.0 Å². The highest BCUT2D eigenvalue weighted by molar-refractivity contribution is 5.49. The largest absolute Gasteiger partial charge is 0.494 e. The molecule has 0 saturated heterocycles. The van der Waals surface area contributed by atoms with E-state index in [0.717, 1.165) is 6.29 Å². The zero-order valence-corrected chi connectivity index (χ0v) is 5.30. The lowest BCUT2D eigenvalue weighted by Gasteiger charge is -1.99. The lowest BCUT2D eigenvalue weighted by atomic mass is 10.5. The molecule has 0 amide bonds. The van der Waals surface area contributed by atoms with Crippen molar-refractivity contribution in [2.75, 3.05) is 6.61 Å². The molecule has 0 aromatic heterocycles. The quantitative estimate of drug-likeness (QED) is 0.240. The topological polar surface area (TPSA) is 26.3 Å². The van der Waals surface area contributed by atoms with E-state index >= 15 is 0 Å². The Morgan fingerprint density at radius 3 is 2.78 bits per heavy atom. The molecule has 0 fully saturated rings. The van der Waals surface area contributed by atoms with Gasteiger partial charge < -0.3 is 9.53 Å². The second kappa shape index (κ2) is 5.09. The Morgan fingerprint density at radius 2 is 2.33 bits per heavy atom. The summed E-state index contributed by atoms with van der Waals surface area (Å²) >= 11 is 0. The smallest absolute Gasteiger partial charge is 0.123 e. The summed E-state index contributed by atoms with van der Waals surface area (Å²) in [5, 5.41) is 0. The van der Waals surface area contributed by atoms with Crippen molar-refractivity contribution in [1.82, 2.24) is 0 Å². The van der Waals surface area contributed by atoms with Crippen molar-refractivity contribution < 1.29 is 9.53 Å². The van der Waals surface area contributed by atoms with Crippen LogP contribution in [0.1, 0.15) is 6.42 Å². The number of hydrogen-bond donors (Lipinski definition) is 0. The van der Waals surface area contributed by atoms with Crippen molar-refractivity contribution in [2.24, 2.45) is 0 Å². The van der Waals surface area contributed by atoms with Gasteiger partial charge in [0.2, 0.25) is 0 Å². The molecule has 0 atom stereocenters. The SMILES string of the molecule is C=CC(=C)OCCC=O. The van der Waals surface area contributed by atoms with E-state index in [1.807, 2.05) is 0 Å². The minimum absolute atomic E-state index is 0.397. The van der Waals surface area contributed by atoms with Crippen LogP contribution >= 0.6 is 0 Å². The summed E-state index contributed by atoms with van der Waals surface area (Å²) in [7, 11) is 0. The summed E-state index contributed by atoms with van der Waals surface area (Å²) in [6, 6.07) is 0. The first kappa shape index (κ1) is 7.95. The second-order valence-corrected chi connectivity index (χ2v) is 1.47. The second-order valence-electron chi connectivity index (χ2n) is 1.47. The number of carbonyl (C=O) groups is 1. The van der Waals surface area contributed by atoms with Crippen molar-refractivity contribution in [3.8, 4) is 0 Å². The Balaban J connectivity index is 3.16. The summed E-state index contributed by atoms with van der Waals surface area (Å²) in [6.07, 6.45) is 2.72. The van der Waals surface area contributed by atoms with Crippen LogP contribution in [-0.4, -0.2) is 12.9 Å². The zero-order chi connectivity index (χ0) is 7.11. The number of allylic oxidation sites excluding steroid dienone is 1. The number of rotatable bonds is 5. The van der Waals surface area contributed by atoms with Crippen molar-refractivity contribution in [1.29, 1.82) is 0 Å². The molecule has 0 aromatic carbocycles. The molecular formula is C7H10O2. The Labute approximate surface area is 54.8 Å². The van der Waals surface area contributed by atoms with Gasteiger partial charge in [0.05, 0.1) is 6.61 Å². The Hall–Kier alpha value is -1.05. The first-order chi connectivity index (χ1) is 4.31. The predicted molar refractivity (Wildman–Crippen MR) is 36.0 cm³/mol. The fourth-order valence-corrected chi connectivity index (χ4v) is 0.297. The number of hydrogen-bond acceptors (Lipinski definition) is 2. The van der Waals surface area contributed by atoms with Gasteiger partial charge in [-0.15, -0.1) is 0 Å². The third-order valence-electron chi connectivity index (χ3n) is 0.751. The third kappa shape index (κ3) is 4.81. The molecule has 0 aliphatic carbocycles. The molecule has 0 aromatic rings. The minimum atomic E-state index is 0.397. The molecule has 0 rings (SSSR count). The van der Waals surface area contributed by atoms with E-state index < -0.39 is 0 Å². The summed E-state index contributed by atoms with van der Waals surface area (Å²) in [5.74, 6) is 0.511. The van der Waals surface area contributed by atoms with Crippen LogP contribution in [0.4, 0.5) is 0 Å². The zero-order valence-electron chi connectivity index (χ0n) is 5.30. The molecule has 0 saturated carbocycles. The molecule has 50 valence electrons. The van der Waals surface area contributed by atoms with Crippen LogP contribution in [0, 0.1) is 0 Å². The molecule has 0 heterocycles. The number of carbonyl (C=O) groups excluding carboxylic acids is 1. The summed E-state index contributed by atoms with van der Waals surface area (Å²) < 4.78 is 4.89. The number of ether oxygens (including phenoxy) is 1. The van der Waals surface area contributed by atoms with Gasteiger partial charge in [0.15, 0.2) is 0 Å². The Kier molecular flexibility index (Phi) is 4.50. The van der Waals surface area contributed by atoms with E-state index in [1.165, 1.54) is 6.08 Å². The van der Waals surface area contributed by atoms with Crippen LogP contribution < -0.4 is 0 Å². The normalized spacial score (nSPS) is 8.00. The lowest BCUT2D eigenvalue weighted by Crippen LogP contribution is -1.91. The Bertz CT molecular complexity index is 116. The monoisotopic (exact) mass is 126 g/mol. The maximum Gasteiger partial charge on any atom is 0.123 e. The van der Waals surface area contributed by atoms with Gasteiger partial charge in [-0.1, -0.05) is 13.2 Å². The molecule has 0 spiro atoms. The predicted octanol–water partition coefficient (Wildman–Crippen LogP) is 1.29. The average Bonchev–Trinajstić information content (AvgIpc) is 1.89. The standard InChI is InChI=1S/C7H10O2/c1-3-7(2)9-6-4-5-8/h3,5H,1-2,4,6H2. The molecule has 0 N–H and O–H groups in total. The van der Waals surface area contributed by atoms with E-state index in [9.17, 15) is 4.79 Å². The van der Waals surface area contributed by atoms with E-state index in [0.29, 0.717) is 18.8 Å². The highest BCUT2D eigenvalue weighted by Crippen LogP contribution is 1.92. The van der Waals surface area contributed by atoms with Crippen molar-refractivity contribution in [3.63, 3.8) is 0 Å². The minimum Gasteiger partial charge on any atom is -0.494 e. The van der Waals surface area contributed by atoms with Crippen LogP contribution in [0.3, 0.4) is 0 Å². The van der Waals surface area contributed by atoms with Gasteiger partial charge in [0.1, 0.15) is 12.0 Å². The van der Waals surface area contributed by atoms with E-state index in [4.69, 9.17) is 4.74 Å². The molecule has 0 aliphatic rings. The van der Waals surface area contributed by atoms with E-state index in [2.05, 4.69) is 13.2 Å². The first-order valence-corrected chi connectivity index (χ1v) is 2.69. The first-order valence-electron chi connectivity index (χ1n) is 2.69. The highest BCUT2D eigenvalue weighted by atomic mass is 16.5. The van der Waals surface area contributed by atoms with Gasteiger partial charge in [-0.05, 0) is 6.08 Å². The van der Waals surface area contributed by atoms with Gasteiger partial charge >= 0.3 is 0 Å². The van der Waals surface area contributed by atoms with Gasteiger partial charge in [0.25, 0.3) is 0 Å². The number of aldehydes is 1. The van der Waals surface area contributed by atoms with Crippen molar-refractivity contribution >= 4 is 6.29 Å². The third-order valence-corrected chi connectivity index (χ3v) is 0.751. The van der Waals surface area contributed by atoms with Gasteiger partial charge in [-0.3, -0.25) is 0 Å². The summed E-state index contributed by atoms with van der Waals surface area (Å²) in [6.45, 7) is 7.31.